The Balaban J connectivity index is 2.90. The van der Waals surface area contributed by atoms with Crippen LogP contribution >= 0.6 is 11.6 Å². The number of hydrogen-bond donors (Lipinski definition) is 1. The van der Waals surface area contributed by atoms with Gasteiger partial charge in [-0.1, -0.05) is 0 Å². The summed E-state index contributed by atoms with van der Waals surface area (Å²) in [6.07, 6.45) is 0. The SMILES string of the molecule is COc1ccc(C(=O)NC(C)(C)CCl)c(F)c1. The molecule has 94 valence electrons. The van der Waals surface area contributed by atoms with Gasteiger partial charge in [0.15, 0.2) is 0 Å². The zero-order valence-corrected chi connectivity index (χ0v) is 10.8. The first-order valence-electron chi connectivity index (χ1n) is 5.11. The Morgan fingerprint density at radius 1 is 1.53 bits per heavy atom. The molecule has 17 heavy (non-hydrogen) atoms. The van der Waals surface area contributed by atoms with Gasteiger partial charge in [0.05, 0.1) is 12.7 Å². The Hall–Kier alpha value is -1.29. The van der Waals surface area contributed by atoms with Gasteiger partial charge in [0, 0.05) is 17.5 Å². The van der Waals surface area contributed by atoms with Gasteiger partial charge >= 0.3 is 0 Å². The molecule has 5 heteroatoms. The van der Waals surface area contributed by atoms with E-state index in [2.05, 4.69) is 5.32 Å². The predicted molar refractivity (Wildman–Crippen MR) is 65.2 cm³/mol. The molecule has 1 amide bonds. The van der Waals surface area contributed by atoms with Crippen molar-refractivity contribution in [3.63, 3.8) is 0 Å². The summed E-state index contributed by atoms with van der Waals surface area (Å²) in [6, 6.07) is 4.09. The largest absolute Gasteiger partial charge is 0.497 e. The van der Waals surface area contributed by atoms with Crippen LogP contribution in [0.1, 0.15) is 24.2 Å². The second-order valence-electron chi connectivity index (χ2n) is 4.32. The molecule has 1 N–H and O–H groups in total. The van der Waals surface area contributed by atoms with E-state index in [9.17, 15) is 9.18 Å². The minimum absolute atomic E-state index is 0.0241. The molecule has 0 unspecified atom stereocenters. The molecule has 0 fully saturated rings. The quantitative estimate of drug-likeness (QED) is 0.844. The van der Waals surface area contributed by atoms with Crippen LogP contribution in [0.25, 0.3) is 0 Å². The Labute approximate surface area is 105 Å². The zero-order valence-electron chi connectivity index (χ0n) is 10.0. The molecular weight excluding hydrogens is 245 g/mol. The summed E-state index contributed by atoms with van der Waals surface area (Å²) >= 11 is 5.68. The maximum absolute atomic E-state index is 13.6. The van der Waals surface area contributed by atoms with E-state index in [-0.39, 0.29) is 11.4 Å². The molecule has 0 heterocycles. The van der Waals surface area contributed by atoms with E-state index in [1.165, 1.54) is 25.3 Å². The lowest BCUT2D eigenvalue weighted by atomic mass is 10.1. The van der Waals surface area contributed by atoms with E-state index in [1.54, 1.807) is 13.8 Å². The molecule has 0 saturated carbocycles. The van der Waals surface area contributed by atoms with E-state index >= 15 is 0 Å². The molecule has 0 aromatic heterocycles. The van der Waals surface area contributed by atoms with Crippen molar-refractivity contribution in [2.45, 2.75) is 19.4 Å². The summed E-state index contributed by atoms with van der Waals surface area (Å²) in [4.78, 5) is 11.8. The van der Waals surface area contributed by atoms with Crippen molar-refractivity contribution < 1.29 is 13.9 Å². The predicted octanol–water partition coefficient (Wildman–Crippen LogP) is 2.58. The molecule has 0 aliphatic carbocycles. The molecule has 0 atom stereocenters. The average Bonchev–Trinajstić information content (AvgIpc) is 2.28. The third-order valence-corrected chi connectivity index (χ3v) is 2.88. The summed E-state index contributed by atoms with van der Waals surface area (Å²) in [5.74, 6) is -0.491. The van der Waals surface area contributed by atoms with Crippen molar-refractivity contribution in [2.24, 2.45) is 0 Å². The molecule has 1 aromatic rings. The Kier molecular flexibility index (Phi) is 4.34. The van der Waals surface area contributed by atoms with Gasteiger partial charge in [-0.3, -0.25) is 4.79 Å². The summed E-state index contributed by atoms with van der Waals surface area (Å²) in [5.41, 5.74) is -0.602. The fraction of sp³-hybridized carbons (Fsp3) is 0.417. The number of nitrogens with one attached hydrogen (secondary N) is 1. The van der Waals surface area contributed by atoms with Crippen LogP contribution in [-0.4, -0.2) is 24.4 Å². The average molecular weight is 260 g/mol. The highest BCUT2D eigenvalue weighted by Crippen LogP contribution is 2.17. The van der Waals surface area contributed by atoms with Crippen LogP contribution in [0.3, 0.4) is 0 Å². The number of ether oxygens (including phenoxy) is 1. The number of amides is 1. The number of hydrogen-bond acceptors (Lipinski definition) is 2. The first-order valence-corrected chi connectivity index (χ1v) is 5.65. The fourth-order valence-electron chi connectivity index (χ4n) is 1.22. The number of alkyl halides is 1. The number of methoxy groups -OCH3 is 1. The number of carbonyl (C=O) groups is 1. The van der Waals surface area contributed by atoms with Crippen molar-refractivity contribution >= 4 is 17.5 Å². The molecule has 0 spiro atoms. The third kappa shape index (κ3) is 3.60. The lowest BCUT2D eigenvalue weighted by molar-refractivity contribution is 0.0916. The smallest absolute Gasteiger partial charge is 0.254 e. The van der Waals surface area contributed by atoms with E-state index < -0.39 is 17.3 Å². The monoisotopic (exact) mass is 259 g/mol. The van der Waals surface area contributed by atoms with Gasteiger partial charge in [0.1, 0.15) is 11.6 Å². The minimum atomic E-state index is -0.618. The van der Waals surface area contributed by atoms with Crippen LogP contribution in [0.4, 0.5) is 4.39 Å². The van der Waals surface area contributed by atoms with Crippen LogP contribution in [0.15, 0.2) is 18.2 Å². The van der Waals surface area contributed by atoms with Gasteiger partial charge in [-0.25, -0.2) is 4.39 Å². The second kappa shape index (κ2) is 5.36. The Morgan fingerprint density at radius 3 is 2.65 bits per heavy atom. The highest BCUT2D eigenvalue weighted by atomic mass is 35.5. The standard InChI is InChI=1S/C12H15ClFNO2/c1-12(2,7-13)15-11(16)9-5-4-8(17-3)6-10(9)14/h4-6H,7H2,1-3H3,(H,15,16). The molecule has 0 aliphatic heterocycles. The van der Waals surface area contributed by atoms with Crippen molar-refractivity contribution in [1.29, 1.82) is 0 Å². The molecule has 0 saturated heterocycles. The van der Waals surface area contributed by atoms with E-state index in [1.807, 2.05) is 0 Å². The van der Waals surface area contributed by atoms with Crippen LogP contribution in [-0.2, 0) is 0 Å². The first-order chi connectivity index (χ1) is 7.89. The molecule has 0 radical (unpaired) electrons. The van der Waals surface area contributed by atoms with Crippen LogP contribution < -0.4 is 10.1 Å². The first kappa shape index (κ1) is 13.8. The molecule has 1 rings (SSSR count). The molecule has 0 bridgehead atoms. The zero-order chi connectivity index (χ0) is 13.1. The molecular formula is C12H15ClFNO2. The van der Waals surface area contributed by atoms with Crippen LogP contribution in [0.2, 0.25) is 0 Å². The third-order valence-electron chi connectivity index (χ3n) is 2.21. The lowest BCUT2D eigenvalue weighted by Crippen LogP contribution is -2.45. The van der Waals surface area contributed by atoms with Gasteiger partial charge in [-0.05, 0) is 26.0 Å². The Bertz CT molecular complexity index is 421. The summed E-state index contributed by atoms with van der Waals surface area (Å²) in [7, 11) is 1.44. The molecule has 0 aliphatic rings. The maximum Gasteiger partial charge on any atom is 0.254 e. The van der Waals surface area contributed by atoms with Gasteiger partial charge in [-0.2, -0.15) is 0 Å². The van der Waals surface area contributed by atoms with Gasteiger partial charge in [0.25, 0.3) is 5.91 Å². The number of benzene rings is 1. The van der Waals surface area contributed by atoms with Crippen molar-refractivity contribution in [3.05, 3.63) is 29.6 Å². The lowest BCUT2D eigenvalue weighted by Gasteiger charge is -2.23. The normalized spacial score (nSPS) is 11.1. The topological polar surface area (TPSA) is 38.3 Å². The maximum atomic E-state index is 13.6. The molecule has 1 aromatic carbocycles. The van der Waals surface area contributed by atoms with Crippen LogP contribution in [0, 0.1) is 5.82 Å². The highest BCUT2D eigenvalue weighted by molar-refractivity contribution is 6.18. The number of carbonyl (C=O) groups excluding carboxylic acids is 1. The van der Waals surface area contributed by atoms with E-state index in [4.69, 9.17) is 16.3 Å². The summed E-state index contributed by atoms with van der Waals surface area (Å²) in [5, 5.41) is 2.65. The number of halogens is 2. The summed E-state index contributed by atoms with van der Waals surface area (Å²) < 4.78 is 18.5. The van der Waals surface area contributed by atoms with Gasteiger partial charge in [0.2, 0.25) is 0 Å². The van der Waals surface area contributed by atoms with Gasteiger partial charge in [-0.15, -0.1) is 11.6 Å². The van der Waals surface area contributed by atoms with Crippen molar-refractivity contribution in [1.82, 2.24) is 5.32 Å². The minimum Gasteiger partial charge on any atom is -0.497 e. The summed E-state index contributed by atoms with van der Waals surface area (Å²) in [6.45, 7) is 3.53. The second-order valence-corrected chi connectivity index (χ2v) is 4.58. The van der Waals surface area contributed by atoms with Crippen LogP contribution in [0.5, 0.6) is 5.75 Å². The van der Waals surface area contributed by atoms with E-state index in [0.717, 1.165) is 0 Å². The van der Waals surface area contributed by atoms with E-state index in [0.29, 0.717) is 5.75 Å². The van der Waals surface area contributed by atoms with Crippen molar-refractivity contribution in [2.75, 3.05) is 13.0 Å². The number of rotatable bonds is 4. The van der Waals surface area contributed by atoms with Crippen molar-refractivity contribution in [3.8, 4) is 5.75 Å². The highest BCUT2D eigenvalue weighted by Gasteiger charge is 2.21. The van der Waals surface area contributed by atoms with Gasteiger partial charge < -0.3 is 10.1 Å². The molecule has 3 nitrogen and oxygen atoms in total. The fourth-order valence-corrected chi connectivity index (χ4v) is 1.28. The Morgan fingerprint density at radius 2 is 2.18 bits per heavy atom.